The molecule has 6 nitrogen and oxygen atoms in total. The van der Waals surface area contributed by atoms with Gasteiger partial charge in [0.05, 0.1) is 4.90 Å². The molecule has 26 heavy (non-hydrogen) atoms. The molecular formula is C19H19NO5S. The lowest BCUT2D eigenvalue weighted by molar-refractivity contribution is -0.138. The van der Waals surface area contributed by atoms with Crippen molar-refractivity contribution in [3.63, 3.8) is 0 Å². The van der Waals surface area contributed by atoms with E-state index in [1.807, 2.05) is 35.9 Å². The molecule has 2 aromatic carbocycles. The Bertz CT molecular complexity index is 929. The second kappa shape index (κ2) is 8.07. The van der Waals surface area contributed by atoms with Crippen LogP contribution in [0.3, 0.4) is 0 Å². The van der Waals surface area contributed by atoms with Gasteiger partial charge in [0.1, 0.15) is 6.04 Å². The van der Waals surface area contributed by atoms with Crippen molar-refractivity contribution < 1.29 is 23.1 Å². The number of ketones is 1. The number of rotatable bonds is 7. The molecule has 1 atom stereocenters. The van der Waals surface area contributed by atoms with E-state index in [0.29, 0.717) is 5.56 Å². The molecule has 2 rings (SSSR count). The van der Waals surface area contributed by atoms with E-state index < -0.39 is 22.0 Å². The molecule has 0 heterocycles. The minimum absolute atomic E-state index is 0.107. The number of nitrogens with one attached hydrogen (secondary N) is 1. The summed E-state index contributed by atoms with van der Waals surface area (Å²) < 4.78 is 26.2. The van der Waals surface area contributed by atoms with Crippen molar-refractivity contribution in [3.8, 4) is 0 Å². The van der Waals surface area contributed by atoms with E-state index in [1.165, 1.54) is 37.3 Å². The fraction of sp³-hybridized carbons (Fsp3) is 0.158. The minimum Gasteiger partial charge on any atom is -0.480 e. The number of carboxylic acids is 1. The van der Waals surface area contributed by atoms with Gasteiger partial charge >= 0.3 is 5.97 Å². The van der Waals surface area contributed by atoms with Crippen LogP contribution in [0.15, 0.2) is 59.5 Å². The number of allylic oxidation sites excluding steroid dienone is 1. The Morgan fingerprint density at radius 1 is 1.04 bits per heavy atom. The molecule has 0 bridgehead atoms. The Morgan fingerprint density at radius 2 is 1.62 bits per heavy atom. The molecule has 0 amide bonds. The van der Waals surface area contributed by atoms with Gasteiger partial charge < -0.3 is 5.11 Å². The van der Waals surface area contributed by atoms with Crippen LogP contribution in [0.4, 0.5) is 0 Å². The number of carboxylic acid groups (broad SMARTS) is 1. The van der Waals surface area contributed by atoms with Gasteiger partial charge in [0.2, 0.25) is 10.0 Å². The van der Waals surface area contributed by atoms with Crippen LogP contribution in [0.5, 0.6) is 0 Å². The van der Waals surface area contributed by atoms with Crippen LogP contribution in [0.2, 0.25) is 0 Å². The molecule has 0 saturated carbocycles. The van der Waals surface area contributed by atoms with Crippen molar-refractivity contribution in [2.24, 2.45) is 0 Å². The third-order valence-corrected chi connectivity index (χ3v) is 5.21. The Morgan fingerprint density at radius 3 is 2.15 bits per heavy atom. The van der Waals surface area contributed by atoms with Crippen molar-refractivity contribution >= 4 is 27.9 Å². The molecular weight excluding hydrogens is 354 g/mol. The van der Waals surface area contributed by atoms with Crippen molar-refractivity contribution in [1.82, 2.24) is 4.72 Å². The number of aliphatic carboxylic acids is 1. The van der Waals surface area contributed by atoms with Crippen LogP contribution in [0.1, 0.15) is 28.4 Å². The zero-order chi connectivity index (χ0) is 19.3. The third-order valence-electron chi connectivity index (χ3n) is 3.66. The standard InChI is InChI=1S/C19H19NO5S/c1-13-3-5-15(6-4-13)7-12-18(21)16-8-10-17(11-9-16)26(24,25)20-14(2)19(22)23/h3-12,14,20H,1-2H3,(H,22,23)/b12-7+/t14-/m0/s1. The zero-order valence-electron chi connectivity index (χ0n) is 14.3. The molecule has 0 spiro atoms. The predicted molar refractivity (Wildman–Crippen MR) is 98.4 cm³/mol. The van der Waals surface area contributed by atoms with Gasteiger partial charge in [0, 0.05) is 5.56 Å². The first kappa shape index (κ1) is 19.6. The van der Waals surface area contributed by atoms with E-state index in [-0.39, 0.29) is 10.7 Å². The lowest BCUT2D eigenvalue weighted by Crippen LogP contribution is -2.38. The van der Waals surface area contributed by atoms with Gasteiger partial charge in [0.25, 0.3) is 0 Å². The van der Waals surface area contributed by atoms with Crippen LogP contribution >= 0.6 is 0 Å². The fourth-order valence-corrected chi connectivity index (χ4v) is 3.29. The third kappa shape index (κ3) is 5.11. The Kier molecular flexibility index (Phi) is 6.07. The Balaban J connectivity index is 2.12. The van der Waals surface area contributed by atoms with Crippen molar-refractivity contribution in [3.05, 3.63) is 71.3 Å². The van der Waals surface area contributed by atoms with Crippen LogP contribution < -0.4 is 4.72 Å². The molecule has 7 heteroatoms. The van der Waals surface area contributed by atoms with Crippen LogP contribution in [-0.2, 0) is 14.8 Å². The topological polar surface area (TPSA) is 101 Å². The van der Waals surface area contributed by atoms with E-state index in [1.54, 1.807) is 6.08 Å². The maximum Gasteiger partial charge on any atom is 0.321 e. The highest BCUT2D eigenvalue weighted by molar-refractivity contribution is 7.89. The highest BCUT2D eigenvalue weighted by atomic mass is 32.2. The van der Waals surface area contributed by atoms with Gasteiger partial charge in [-0.15, -0.1) is 0 Å². The fourth-order valence-electron chi connectivity index (χ4n) is 2.10. The first-order chi connectivity index (χ1) is 12.2. The Labute approximate surface area is 152 Å². The van der Waals surface area contributed by atoms with Crippen LogP contribution in [-0.4, -0.2) is 31.3 Å². The minimum atomic E-state index is -3.97. The SMILES string of the molecule is Cc1ccc(/C=C/C(=O)c2ccc(S(=O)(=O)N[C@@H](C)C(=O)O)cc2)cc1. The molecule has 0 fully saturated rings. The summed E-state index contributed by atoms with van der Waals surface area (Å²) >= 11 is 0. The molecule has 0 radical (unpaired) electrons. The maximum absolute atomic E-state index is 12.2. The first-order valence-corrected chi connectivity index (χ1v) is 9.31. The number of sulfonamides is 1. The van der Waals surface area contributed by atoms with E-state index in [0.717, 1.165) is 11.1 Å². The van der Waals surface area contributed by atoms with Crippen molar-refractivity contribution in [2.45, 2.75) is 24.8 Å². The zero-order valence-corrected chi connectivity index (χ0v) is 15.2. The summed E-state index contributed by atoms with van der Waals surface area (Å²) in [4.78, 5) is 22.9. The molecule has 0 saturated heterocycles. The van der Waals surface area contributed by atoms with Gasteiger partial charge in [-0.2, -0.15) is 4.72 Å². The second-order valence-electron chi connectivity index (χ2n) is 5.81. The van der Waals surface area contributed by atoms with Crippen molar-refractivity contribution in [2.75, 3.05) is 0 Å². The lowest BCUT2D eigenvalue weighted by Gasteiger charge is -2.10. The molecule has 0 unspecified atom stereocenters. The number of hydrogen-bond donors (Lipinski definition) is 2. The van der Waals surface area contributed by atoms with Gasteiger partial charge in [-0.1, -0.05) is 35.9 Å². The summed E-state index contributed by atoms with van der Waals surface area (Å²) in [5.41, 5.74) is 2.34. The van der Waals surface area contributed by atoms with Crippen LogP contribution in [0, 0.1) is 6.92 Å². The number of carbonyl (C=O) groups excluding carboxylic acids is 1. The maximum atomic E-state index is 12.2. The molecule has 2 aromatic rings. The highest BCUT2D eigenvalue weighted by Gasteiger charge is 2.21. The normalized spacial score (nSPS) is 12.8. The molecule has 2 N–H and O–H groups in total. The first-order valence-electron chi connectivity index (χ1n) is 7.83. The number of carbonyl (C=O) groups is 2. The van der Waals surface area contributed by atoms with Crippen LogP contribution in [0.25, 0.3) is 6.08 Å². The van der Waals surface area contributed by atoms with Gasteiger partial charge in [-0.25, -0.2) is 8.42 Å². The quantitative estimate of drug-likeness (QED) is 0.574. The van der Waals surface area contributed by atoms with Gasteiger partial charge in [-0.05, 0) is 49.8 Å². The second-order valence-corrected chi connectivity index (χ2v) is 7.53. The smallest absolute Gasteiger partial charge is 0.321 e. The number of hydrogen-bond acceptors (Lipinski definition) is 4. The number of benzene rings is 2. The number of aryl methyl sites for hydroxylation is 1. The summed E-state index contributed by atoms with van der Waals surface area (Å²) in [7, 11) is -3.97. The van der Waals surface area contributed by atoms with E-state index >= 15 is 0 Å². The van der Waals surface area contributed by atoms with E-state index in [9.17, 15) is 18.0 Å². The largest absolute Gasteiger partial charge is 0.480 e. The molecule has 0 aliphatic carbocycles. The summed E-state index contributed by atoms with van der Waals surface area (Å²) in [5.74, 6) is -1.54. The Hall–Kier alpha value is -2.77. The van der Waals surface area contributed by atoms with Gasteiger partial charge in [0.15, 0.2) is 5.78 Å². The molecule has 0 aromatic heterocycles. The highest BCUT2D eigenvalue weighted by Crippen LogP contribution is 2.13. The molecule has 0 aliphatic heterocycles. The average Bonchev–Trinajstić information content (AvgIpc) is 2.60. The lowest BCUT2D eigenvalue weighted by atomic mass is 10.1. The summed E-state index contributed by atoms with van der Waals surface area (Å²) in [5, 5.41) is 8.80. The molecule has 0 aliphatic rings. The van der Waals surface area contributed by atoms with Crippen molar-refractivity contribution in [1.29, 1.82) is 0 Å². The average molecular weight is 373 g/mol. The van der Waals surface area contributed by atoms with Gasteiger partial charge in [-0.3, -0.25) is 9.59 Å². The predicted octanol–water partition coefficient (Wildman–Crippen LogP) is 2.64. The monoisotopic (exact) mass is 373 g/mol. The molecule has 136 valence electrons. The van der Waals surface area contributed by atoms with E-state index in [4.69, 9.17) is 5.11 Å². The summed E-state index contributed by atoms with van der Waals surface area (Å²) in [6, 6.07) is 11.7. The van der Waals surface area contributed by atoms with E-state index in [2.05, 4.69) is 0 Å². The summed E-state index contributed by atoms with van der Waals surface area (Å²) in [6.07, 6.45) is 3.10. The summed E-state index contributed by atoms with van der Waals surface area (Å²) in [6.45, 7) is 3.20.